The monoisotopic (exact) mass is 434 g/mol. The Balaban J connectivity index is 1.79. The Hall–Kier alpha value is -2.05. The van der Waals surface area contributed by atoms with Gasteiger partial charge in [-0.3, -0.25) is 9.10 Å². The fraction of sp³-hybridized carbons (Fsp3) is 0.409. The summed E-state index contributed by atoms with van der Waals surface area (Å²) in [5.41, 5.74) is 4.12. The maximum Gasteiger partial charge on any atom is 0.244 e. The molecule has 0 radical (unpaired) electrons. The van der Waals surface area contributed by atoms with Crippen molar-refractivity contribution < 1.29 is 13.2 Å². The highest BCUT2D eigenvalue weighted by molar-refractivity contribution is 7.92. The maximum atomic E-state index is 12.9. The van der Waals surface area contributed by atoms with Gasteiger partial charge in [-0.1, -0.05) is 35.9 Å². The number of nitrogens with zero attached hydrogens (tertiary/aromatic N) is 1. The standard InChI is InChI=1S/C22H27ClN2O3S/c1-15(18-12-11-17-7-4-5-8-19(17)13-18)24-22(26)16(2)25(29(3,27)28)21-10-6-9-20(23)14-21/h6,9-16H,4-5,7-8H2,1-3H3,(H,24,26)/t15-,16-/m0/s1. The minimum atomic E-state index is -3.68. The van der Waals surface area contributed by atoms with E-state index in [1.807, 2.05) is 13.0 Å². The summed E-state index contributed by atoms with van der Waals surface area (Å²) < 4.78 is 25.9. The molecule has 0 saturated carbocycles. The molecule has 0 fully saturated rings. The van der Waals surface area contributed by atoms with Crippen molar-refractivity contribution >= 4 is 33.2 Å². The van der Waals surface area contributed by atoms with E-state index in [-0.39, 0.29) is 11.9 Å². The Bertz CT molecular complexity index is 1010. The molecule has 2 atom stereocenters. The summed E-state index contributed by atoms with van der Waals surface area (Å²) in [6.45, 7) is 3.50. The molecule has 0 bridgehead atoms. The molecule has 0 spiro atoms. The fourth-order valence-corrected chi connectivity index (χ4v) is 5.21. The average Bonchev–Trinajstić information content (AvgIpc) is 2.66. The van der Waals surface area contributed by atoms with Crippen LogP contribution in [0.3, 0.4) is 0 Å². The van der Waals surface area contributed by atoms with E-state index in [0.29, 0.717) is 10.7 Å². The number of aryl methyl sites for hydroxylation is 2. The van der Waals surface area contributed by atoms with Gasteiger partial charge in [-0.25, -0.2) is 8.42 Å². The topological polar surface area (TPSA) is 66.5 Å². The van der Waals surface area contributed by atoms with Crippen molar-refractivity contribution in [2.24, 2.45) is 0 Å². The number of fused-ring (bicyclic) bond motifs is 1. The van der Waals surface area contributed by atoms with Crippen molar-refractivity contribution in [3.05, 3.63) is 64.2 Å². The van der Waals surface area contributed by atoms with E-state index in [9.17, 15) is 13.2 Å². The second kappa shape index (κ2) is 8.76. The number of halogens is 1. The Morgan fingerprint density at radius 1 is 1.07 bits per heavy atom. The Morgan fingerprint density at radius 3 is 2.41 bits per heavy atom. The van der Waals surface area contributed by atoms with Gasteiger partial charge in [0.15, 0.2) is 0 Å². The third-order valence-electron chi connectivity index (χ3n) is 5.38. The highest BCUT2D eigenvalue weighted by Gasteiger charge is 2.30. The molecule has 0 saturated heterocycles. The zero-order valence-corrected chi connectivity index (χ0v) is 18.6. The van der Waals surface area contributed by atoms with Crippen molar-refractivity contribution in [1.82, 2.24) is 5.32 Å². The van der Waals surface area contributed by atoms with Crippen LogP contribution in [-0.2, 0) is 27.7 Å². The molecule has 1 amide bonds. The highest BCUT2D eigenvalue weighted by atomic mass is 35.5. The molecule has 1 aliphatic rings. The summed E-state index contributed by atoms with van der Waals surface area (Å²) in [6, 6.07) is 11.7. The van der Waals surface area contributed by atoms with Crippen molar-refractivity contribution in [2.75, 3.05) is 10.6 Å². The van der Waals surface area contributed by atoms with Gasteiger partial charge in [0, 0.05) is 5.02 Å². The van der Waals surface area contributed by atoms with E-state index < -0.39 is 16.1 Å². The molecule has 29 heavy (non-hydrogen) atoms. The second-order valence-electron chi connectivity index (χ2n) is 7.68. The van der Waals surface area contributed by atoms with E-state index in [1.54, 1.807) is 31.2 Å². The molecule has 2 aromatic carbocycles. The van der Waals surface area contributed by atoms with E-state index in [1.165, 1.54) is 24.0 Å². The van der Waals surface area contributed by atoms with Gasteiger partial charge in [-0.05, 0) is 74.4 Å². The van der Waals surface area contributed by atoms with Crippen molar-refractivity contribution in [2.45, 2.75) is 51.6 Å². The van der Waals surface area contributed by atoms with Crippen molar-refractivity contribution in [1.29, 1.82) is 0 Å². The van der Waals surface area contributed by atoms with E-state index in [0.717, 1.165) is 29.0 Å². The van der Waals surface area contributed by atoms with Gasteiger partial charge < -0.3 is 5.32 Å². The Labute approximate surface area is 178 Å². The number of nitrogens with one attached hydrogen (secondary N) is 1. The number of sulfonamides is 1. The lowest BCUT2D eigenvalue weighted by atomic mass is 9.89. The smallest absolute Gasteiger partial charge is 0.244 e. The molecule has 1 N–H and O–H groups in total. The third-order valence-corrected chi connectivity index (χ3v) is 6.86. The van der Waals surface area contributed by atoms with Gasteiger partial charge in [-0.2, -0.15) is 0 Å². The Morgan fingerprint density at radius 2 is 1.76 bits per heavy atom. The van der Waals surface area contributed by atoms with Gasteiger partial charge in [0.05, 0.1) is 18.0 Å². The highest BCUT2D eigenvalue weighted by Crippen LogP contribution is 2.26. The molecular weight excluding hydrogens is 408 g/mol. The first-order valence-corrected chi connectivity index (χ1v) is 12.1. The summed E-state index contributed by atoms with van der Waals surface area (Å²) >= 11 is 6.02. The number of hydrogen-bond acceptors (Lipinski definition) is 3. The normalized spacial score (nSPS) is 15.9. The maximum absolute atomic E-state index is 12.9. The summed E-state index contributed by atoms with van der Waals surface area (Å²) in [5, 5.41) is 3.37. The molecule has 5 nitrogen and oxygen atoms in total. The minimum Gasteiger partial charge on any atom is -0.348 e. The molecule has 2 aromatic rings. The fourth-order valence-electron chi connectivity index (χ4n) is 3.86. The summed E-state index contributed by atoms with van der Waals surface area (Å²) in [4.78, 5) is 12.9. The molecule has 1 aliphatic carbocycles. The van der Waals surface area contributed by atoms with Crippen LogP contribution < -0.4 is 9.62 Å². The lowest BCUT2D eigenvalue weighted by Gasteiger charge is -2.29. The van der Waals surface area contributed by atoms with E-state index in [2.05, 4.69) is 17.4 Å². The number of amides is 1. The van der Waals surface area contributed by atoms with Gasteiger partial charge in [0.2, 0.25) is 15.9 Å². The lowest BCUT2D eigenvalue weighted by molar-refractivity contribution is -0.122. The SMILES string of the molecule is C[C@H](NC(=O)[C@H](C)N(c1cccc(Cl)c1)S(C)(=O)=O)c1ccc2c(c1)CCCC2. The first kappa shape index (κ1) is 21.7. The van der Waals surface area contributed by atoms with E-state index >= 15 is 0 Å². The van der Waals surface area contributed by atoms with Gasteiger partial charge >= 0.3 is 0 Å². The van der Waals surface area contributed by atoms with Crippen molar-refractivity contribution in [3.8, 4) is 0 Å². The molecule has 0 aliphatic heterocycles. The molecule has 0 unspecified atom stereocenters. The number of rotatable bonds is 6. The average molecular weight is 435 g/mol. The van der Waals surface area contributed by atoms with Crippen LogP contribution in [0.5, 0.6) is 0 Å². The quantitative estimate of drug-likeness (QED) is 0.739. The molecule has 156 valence electrons. The van der Waals surface area contributed by atoms with Crippen LogP contribution >= 0.6 is 11.6 Å². The number of carbonyl (C=O) groups excluding carboxylic acids is 1. The number of carbonyl (C=O) groups is 1. The van der Waals surface area contributed by atoms with Gasteiger partial charge in [0.25, 0.3) is 0 Å². The predicted molar refractivity (Wildman–Crippen MR) is 118 cm³/mol. The molecule has 3 rings (SSSR count). The number of hydrogen-bond donors (Lipinski definition) is 1. The third kappa shape index (κ3) is 5.11. The predicted octanol–water partition coefficient (Wildman–Crippen LogP) is 4.25. The zero-order valence-electron chi connectivity index (χ0n) is 17.0. The number of anilines is 1. The Kier molecular flexibility index (Phi) is 6.54. The second-order valence-corrected chi connectivity index (χ2v) is 9.98. The first-order chi connectivity index (χ1) is 13.7. The summed E-state index contributed by atoms with van der Waals surface area (Å²) in [7, 11) is -3.68. The van der Waals surface area contributed by atoms with Crippen LogP contribution in [0.4, 0.5) is 5.69 Å². The number of benzene rings is 2. The molecule has 0 heterocycles. The molecule has 7 heteroatoms. The van der Waals surface area contributed by atoms with Crippen LogP contribution in [0, 0.1) is 0 Å². The lowest BCUT2D eigenvalue weighted by Crippen LogP contribution is -2.48. The molecule has 0 aromatic heterocycles. The van der Waals surface area contributed by atoms with Gasteiger partial charge in [-0.15, -0.1) is 0 Å². The molecular formula is C22H27ClN2O3S. The largest absolute Gasteiger partial charge is 0.348 e. The van der Waals surface area contributed by atoms with Crippen LogP contribution in [0.1, 0.15) is 49.4 Å². The summed E-state index contributed by atoms with van der Waals surface area (Å²) in [6.07, 6.45) is 5.68. The minimum absolute atomic E-state index is 0.224. The van der Waals surface area contributed by atoms with Crippen LogP contribution in [-0.4, -0.2) is 26.6 Å². The van der Waals surface area contributed by atoms with Crippen molar-refractivity contribution in [3.63, 3.8) is 0 Å². The van der Waals surface area contributed by atoms with Crippen LogP contribution in [0.25, 0.3) is 0 Å². The van der Waals surface area contributed by atoms with Crippen LogP contribution in [0.15, 0.2) is 42.5 Å². The summed E-state index contributed by atoms with van der Waals surface area (Å²) in [5.74, 6) is -0.361. The van der Waals surface area contributed by atoms with Gasteiger partial charge in [0.1, 0.15) is 6.04 Å². The van der Waals surface area contributed by atoms with E-state index in [4.69, 9.17) is 11.6 Å². The zero-order chi connectivity index (χ0) is 21.2. The van der Waals surface area contributed by atoms with Crippen LogP contribution in [0.2, 0.25) is 5.02 Å². The first-order valence-electron chi connectivity index (χ1n) is 9.84.